The minimum atomic E-state index is -0.575. The number of aromatic nitrogens is 5. The molecule has 0 spiro atoms. The van der Waals surface area contributed by atoms with Gasteiger partial charge in [-0.2, -0.15) is 0 Å². The first-order valence-electron chi connectivity index (χ1n) is 12.5. The van der Waals surface area contributed by atoms with Crippen LogP contribution in [0.2, 0.25) is 0 Å². The molecule has 1 amide bonds. The highest BCUT2D eigenvalue weighted by atomic mass is 32.1. The van der Waals surface area contributed by atoms with Gasteiger partial charge >= 0.3 is 0 Å². The number of nitrogens with zero attached hydrogens (tertiary/aromatic N) is 5. The molecule has 4 heterocycles. The van der Waals surface area contributed by atoms with Gasteiger partial charge in [0.15, 0.2) is 5.65 Å². The normalized spacial score (nSPS) is 11.8. The van der Waals surface area contributed by atoms with Gasteiger partial charge in [-0.25, -0.2) is 15.0 Å². The van der Waals surface area contributed by atoms with E-state index in [0.29, 0.717) is 28.0 Å². The molecule has 6 aromatic rings. The van der Waals surface area contributed by atoms with E-state index in [-0.39, 0.29) is 16.9 Å². The topological polar surface area (TPSA) is 120 Å². The SMILES string of the molecule is Cc1ncc(C#Cc2cccc3cc(C(C)NC(=O)c4c(N)ncn5ccnc45)n(-c4ccccc4)c(=O)c23)s1. The fraction of sp³-hybridized carbons (Fsp3) is 0.100. The van der Waals surface area contributed by atoms with Crippen LogP contribution in [0, 0.1) is 18.8 Å². The molecule has 0 fully saturated rings. The summed E-state index contributed by atoms with van der Waals surface area (Å²) in [6, 6.07) is 16.2. The average molecular weight is 546 g/mol. The van der Waals surface area contributed by atoms with Gasteiger partial charge < -0.3 is 11.1 Å². The molecule has 0 aliphatic heterocycles. The summed E-state index contributed by atoms with van der Waals surface area (Å²) in [5.74, 6) is 5.93. The van der Waals surface area contributed by atoms with Crippen LogP contribution in [-0.4, -0.2) is 29.8 Å². The summed E-state index contributed by atoms with van der Waals surface area (Å²) in [7, 11) is 0. The van der Waals surface area contributed by atoms with Gasteiger partial charge in [-0.1, -0.05) is 36.3 Å². The molecule has 0 saturated carbocycles. The van der Waals surface area contributed by atoms with E-state index in [0.717, 1.165) is 15.3 Å². The lowest BCUT2D eigenvalue weighted by molar-refractivity contribution is 0.0940. The Morgan fingerprint density at radius 1 is 1.07 bits per heavy atom. The highest BCUT2D eigenvalue weighted by Gasteiger charge is 2.23. The predicted molar refractivity (Wildman–Crippen MR) is 156 cm³/mol. The average Bonchev–Trinajstić information content (AvgIpc) is 3.60. The summed E-state index contributed by atoms with van der Waals surface area (Å²) in [4.78, 5) is 41.1. The molecule has 2 aromatic carbocycles. The van der Waals surface area contributed by atoms with Crippen molar-refractivity contribution in [3.63, 3.8) is 0 Å². The molecule has 0 radical (unpaired) electrons. The molecule has 0 saturated heterocycles. The van der Waals surface area contributed by atoms with Crippen molar-refractivity contribution >= 4 is 39.5 Å². The van der Waals surface area contributed by atoms with E-state index >= 15 is 0 Å². The number of thiazole rings is 1. The third kappa shape index (κ3) is 4.48. The Hall–Kier alpha value is -5.27. The van der Waals surface area contributed by atoms with Crippen LogP contribution in [0.15, 0.2) is 84.3 Å². The van der Waals surface area contributed by atoms with Crippen molar-refractivity contribution in [2.75, 3.05) is 5.73 Å². The van der Waals surface area contributed by atoms with E-state index in [1.807, 2.05) is 68.4 Å². The molecule has 9 nitrogen and oxygen atoms in total. The fourth-order valence-corrected chi connectivity index (χ4v) is 5.29. The number of nitrogens with one attached hydrogen (secondary N) is 1. The molecule has 10 heteroatoms. The van der Waals surface area contributed by atoms with Gasteiger partial charge in [0.1, 0.15) is 17.7 Å². The van der Waals surface area contributed by atoms with E-state index in [1.54, 1.807) is 27.6 Å². The van der Waals surface area contributed by atoms with Crippen molar-refractivity contribution in [1.82, 2.24) is 29.2 Å². The molecule has 4 aromatic heterocycles. The van der Waals surface area contributed by atoms with Crippen molar-refractivity contribution in [2.45, 2.75) is 19.9 Å². The Labute approximate surface area is 233 Å². The molecule has 0 aliphatic carbocycles. The van der Waals surface area contributed by atoms with E-state index < -0.39 is 11.9 Å². The van der Waals surface area contributed by atoms with Crippen molar-refractivity contribution in [3.8, 4) is 17.5 Å². The first-order chi connectivity index (χ1) is 19.4. The molecule has 6 rings (SSSR count). The number of anilines is 1. The second-order valence-electron chi connectivity index (χ2n) is 9.17. The Morgan fingerprint density at radius 2 is 1.90 bits per heavy atom. The zero-order valence-corrected chi connectivity index (χ0v) is 22.4. The number of hydrogen-bond acceptors (Lipinski definition) is 7. The monoisotopic (exact) mass is 545 g/mol. The maximum Gasteiger partial charge on any atom is 0.264 e. The van der Waals surface area contributed by atoms with Gasteiger partial charge in [-0.05, 0) is 49.4 Å². The first kappa shape index (κ1) is 25.0. The number of nitrogens with two attached hydrogens (primary N) is 1. The van der Waals surface area contributed by atoms with Crippen LogP contribution < -0.4 is 16.6 Å². The van der Waals surface area contributed by atoms with Crippen LogP contribution in [0.1, 0.15) is 44.5 Å². The summed E-state index contributed by atoms with van der Waals surface area (Å²) < 4.78 is 3.25. The summed E-state index contributed by atoms with van der Waals surface area (Å²) in [6.45, 7) is 3.75. The minimum absolute atomic E-state index is 0.0710. The first-order valence-corrected chi connectivity index (χ1v) is 13.3. The second kappa shape index (κ2) is 10.1. The summed E-state index contributed by atoms with van der Waals surface area (Å²) in [5.41, 5.74) is 8.29. The number of aryl methyl sites for hydroxylation is 1. The highest BCUT2D eigenvalue weighted by Crippen LogP contribution is 2.24. The van der Waals surface area contributed by atoms with Crippen LogP contribution in [0.5, 0.6) is 0 Å². The Morgan fingerprint density at radius 3 is 2.67 bits per heavy atom. The minimum Gasteiger partial charge on any atom is -0.383 e. The maximum atomic E-state index is 14.2. The van der Waals surface area contributed by atoms with Crippen LogP contribution in [0.4, 0.5) is 5.82 Å². The Bertz CT molecular complexity index is 2030. The van der Waals surface area contributed by atoms with Crippen LogP contribution >= 0.6 is 11.3 Å². The van der Waals surface area contributed by atoms with Gasteiger partial charge in [0.2, 0.25) is 0 Å². The van der Waals surface area contributed by atoms with E-state index in [9.17, 15) is 9.59 Å². The largest absolute Gasteiger partial charge is 0.383 e. The van der Waals surface area contributed by atoms with Crippen LogP contribution in [-0.2, 0) is 0 Å². The summed E-state index contributed by atoms with van der Waals surface area (Å²) >= 11 is 1.50. The molecule has 196 valence electrons. The van der Waals surface area contributed by atoms with Crippen molar-refractivity contribution in [3.05, 3.63) is 117 Å². The number of hydrogen-bond donors (Lipinski definition) is 2. The lowest BCUT2D eigenvalue weighted by Gasteiger charge is -2.21. The fourth-order valence-electron chi connectivity index (χ4n) is 4.66. The lowest BCUT2D eigenvalue weighted by Crippen LogP contribution is -2.33. The molecular weight excluding hydrogens is 522 g/mol. The summed E-state index contributed by atoms with van der Waals surface area (Å²) in [5, 5.41) is 5.14. The highest BCUT2D eigenvalue weighted by molar-refractivity contribution is 7.12. The number of benzene rings is 2. The number of carbonyl (C=O) groups is 1. The number of fused-ring (bicyclic) bond motifs is 2. The smallest absolute Gasteiger partial charge is 0.264 e. The Kier molecular flexibility index (Phi) is 6.34. The van der Waals surface area contributed by atoms with Crippen molar-refractivity contribution in [2.24, 2.45) is 0 Å². The molecule has 1 unspecified atom stereocenters. The number of amides is 1. The number of para-hydroxylation sites is 1. The van der Waals surface area contributed by atoms with Gasteiger partial charge in [0.25, 0.3) is 11.5 Å². The predicted octanol–water partition coefficient (Wildman–Crippen LogP) is 4.27. The molecule has 1 atom stereocenters. The molecule has 0 bridgehead atoms. The number of imidazole rings is 1. The van der Waals surface area contributed by atoms with E-state index in [4.69, 9.17) is 5.73 Å². The van der Waals surface area contributed by atoms with Gasteiger partial charge in [0, 0.05) is 29.3 Å². The second-order valence-corrected chi connectivity index (χ2v) is 10.4. The van der Waals surface area contributed by atoms with Crippen molar-refractivity contribution in [1.29, 1.82) is 0 Å². The quantitative estimate of drug-likeness (QED) is 0.319. The third-order valence-electron chi connectivity index (χ3n) is 6.52. The zero-order valence-electron chi connectivity index (χ0n) is 21.6. The number of carbonyl (C=O) groups excluding carboxylic acids is 1. The standard InChI is InChI=1S/C30H23N7O2S/c1-18(35-29(38)26-27(31)34-17-36-14-13-32-28(26)36)24-15-21-8-6-7-20(11-12-23-16-33-19(2)40-23)25(21)30(39)37(24)22-9-4-3-5-10-22/h3-10,13-18H,31H2,1-2H3,(H,35,38). The third-order valence-corrected chi connectivity index (χ3v) is 7.35. The van der Waals surface area contributed by atoms with Gasteiger partial charge in [-0.15, -0.1) is 11.3 Å². The maximum absolute atomic E-state index is 14.2. The number of rotatable bonds is 4. The zero-order chi connectivity index (χ0) is 27.8. The van der Waals surface area contributed by atoms with E-state index in [2.05, 4.69) is 32.1 Å². The summed E-state index contributed by atoms with van der Waals surface area (Å²) in [6.07, 6.45) is 6.50. The lowest BCUT2D eigenvalue weighted by atomic mass is 10.0. The van der Waals surface area contributed by atoms with Crippen molar-refractivity contribution < 1.29 is 4.79 Å². The number of nitrogen functional groups attached to an aromatic ring is 1. The van der Waals surface area contributed by atoms with Gasteiger partial charge in [-0.3, -0.25) is 18.6 Å². The molecular formula is C30H23N7O2S. The Balaban J connectivity index is 1.48. The molecule has 40 heavy (non-hydrogen) atoms. The molecule has 3 N–H and O–H groups in total. The number of pyridine rings is 1. The molecule has 0 aliphatic rings. The van der Waals surface area contributed by atoms with Crippen LogP contribution in [0.3, 0.4) is 0 Å². The van der Waals surface area contributed by atoms with Crippen LogP contribution in [0.25, 0.3) is 22.1 Å². The van der Waals surface area contributed by atoms with Gasteiger partial charge in [0.05, 0.1) is 27.5 Å². The van der Waals surface area contributed by atoms with E-state index in [1.165, 1.54) is 17.7 Å².